The van der Waals surface area contributed by atoms with Crippen LogP contribution in [0.3, 0.4) is 0 Å². The molecule has 0 aliphatic carbocycles. The Morgan fingerprint density at radius 2 is 2.05 bits per heavy atom. The first-order valence-corrected chi connectivity index (χ1v) is 6.95. The lowest BCUT2D eigenvalue weighted by molar-refractivity contribution is 0.0968. The minimum absolute atomic E-state index is 0.182. The molecule has 0 fully saturated rings. The standard InChI is InChI=1S/C16H25NO2/c1-12(2)13(9-10-17)7-8-16(18)14-5-4-6-15(11-14)19-3/h4-6,11-13H,7-10,17H2,1-3H3. The van der Waals surface area contributed by atoms with E-state index in [4.69, 9.17) is 10.5 Å². The fourth-order valence-electron chi connectivity index (χ4n) is 2.28. The Hall–Kier alpha value is -1.35. The number of nitrogens with two attached hydrogens (primary N) is 1. The van der Waals surface area contributed by atoms with E-state index in [0.717, 1.165) is 24.2 Å². The molecule has 0 amide bonds. The van der Waals surface area contributed by atoms with Crippen LogP contribution in [0.2, 0.25) is 0 Å². The van der Waals surface area contributed by atoms with Crippen molar-refractivity contribution < 1.29 is 9.53 Å². The Morgan fingerprint density at radius 1 is 1.32 bits per heavy atom. The minimum atomic E-state index is 0.182. The van der Waals surface area contributed by atoms with Gasteiger partial charge < -0.3 is 10.5 Å². The second-order valence-electron chi connectivity index (χ2n) is 5.28. The summed E-state index contributed by atoms with van der Waals surface area (Å²) in [6.07, 6.45) is 2.48. The number of ether oxygens (including phenoxy) is 1. The molecule has 0 aromatic heterocycles. The molecule has 106 valence electrons. The van der Waals surface area contributed by atoms with Crippen LogP contribution in [-0.2, 0) is 0 Å². The molecule has 3 nitrogen and oxygen atoms in total. The monoisotopic (exact) mass is 263 g/mol. The SMILES string of the molecule is COc1cccc(C(=O)CCC(CCN)C(C)C)c1. The number of methoxy groups -OCH3 is 1. The van der Waals surface area contributed by atoms with Gasteiger partial charge in [-0.25, -0.2) is 0 Å². The summed E-state index contributed by atoms with van der Waals surface area (Å²) in [5, 5.41) is 0. The van der Waals surface area contributed by atoms with Crippen molar-refractivity contribution in [3.8, 4) is 5.75 Å². The average molecular weight is 263 g/mol. The molecule has 2 N–H and O–H groups in total. The van der Waals surface area contributed by atoms with E-state index in [1.54, 1.807) is 13.2 Å². The highest BCUT2D eigenvalue weighted by atomic mass is 16.5. The Labute approximate surface area is 116 Å². The van der Waals surface area contributed by atoms with E-state index in [1.807, 2.05) is 18.2 Å². The molecule has 0 bridgehead atoms. The molecule has 0 aliphatic rings. The predicted octanol–water partition coefficient (Wildman–Crippen LogP) is 3.28. The number of Topliss-reactive ketones (excluding diaryl/α,β-unsaturated/α-hetero) is 1. The maximum absolute atomic E-state index is 12.2. The van der Waals surface area contributed by atoms with Crippen LogP contribution in [0.1, 0.15) is 43.5 Å². The fraction of sp³-hybridized carbons (Fsp3) is 0.562. The van der Waals surface area contributed by atoms with Gasteiger partial charge in [0, 0.05) is 12.0 Å². The van der Waals surface area contributed by atoms with Crippen molar-refractivity contribution >= 4 is 5.78 Å². The molecule has 19 heavy (non-hydrogen) atoms. The minimum Gasteiger partial charge on any atom is -0.497 e. The van der Waals surface area contributed by atoms with Crippen LogP contribution in [0, 0.1) is 11.8 Å². The number of hydrogen-bond donors (Lipinski definition) is 1. The highest BCUT2D eigenvalue weighted by Crippen LogP contribution is 2.22. The summed E-state index contributed by atoms with van der Waals surface area (Å²) in [5.74, 6) is 2.01. The van der Waals surface area contributed by atoms with Gasteiger partial charge in [0.1, 0.15) is 5.75 Å². The Kier molecular flexibility index (Phi) is 6.57. The average Bonchev–Trinajstić information content (AvgIpc) is 2.42. The topological polar surface area (TPSA) is 52.3 Å². The molecule has 0 radical (unpaired) electrons. The Bertz CT molecular complexity index is 401. The number of rotatable bonds is 8. The van der Waals surface area contributed by atoms with Crippen LogP contribution in [0.4, 0.5) is 0 Å². The summed E-state index contributed by atoms with van der Waals surface area (Å²) >= 11 is 0. The summed E-state index contributed by atoms with van der Waals surface area (Å²) in [6.45, 7) is 5.07. The third-order valence-corrected chi connectivity index (χ3v) is 3.61. The van der Waals surface area contributed by atoms with E-state index in [2.05, 4.69) is 13.8 Å². The largest absolute Gasteiger partial charge is 0.497 e. The molecular formula is C16H25NO2. The first kappa shape index (κ1) is 15.7. The van der Waals surface area contributed by atoms with Gasteiger partial charge in [-0.05, 0) is 43.4 Å². The third-order valence-electron chi connectivity index (χ3n) is 3.61. The molecular weight excluding hydrogens is 238 g/mol. The number of benzene rings is 1. The zero-order chi connectivity index (χ0) is 14.3. The number of ketones is 1. The van der Waals surface area contributed by atoms with Crippen LogP contribution in [0.5, 0.6) is 5.75 Å². The van der Waals surface area contributed by atoms with E-state index < -0.39 is 0 Å². The maximum Gasteiger partial charge on any atom is 0.163 e. The molecule has 1 aromatic rings. The summed E-state index contributed by atoms with van der Waals surface area (Å²) in [4.78, 5) is 12.2. The molecule has 1 rings (SSSR count). The fourth-order valence-corrected chi connectivity index (χ4v) is 2.28. The zero-order valence-corrected chi connectivity index (χ0v) is 12.2. The second kappa shape index (κ2) is 7.95. The quantitative estimate of drug-likeness (QED) is 0.732. The van der Waals surface area contributed by atoms with Gasteiger partial charge >= 0.3 is 0 Å². The first-order chi connectivity index (χ1) is 9.08. The van der Waals surface area contributed by atoms with Crippen LogP contribution >= 0.6 is 0 Å². The molecule has 0 saturated carbocycles. The third kappa shape index (κ3) is 5.03. The van der Waals surface area contributed by atoms with Crippen molar-refractivity contribution in [3.63, 3.8) is 0 Å². The summed E-state index contributed by atoms with van der Waals surface area (Å²) in [5.41, 5.74) is 6.35. The van der Waals surface area contributed by atoms with Crippen molar-refractivity contribution in [2.75, 3.05) is 13.7 Å². The lowest BCUT2D eigenvalue weighted by atomic mass is 9.87. The molecule has 0 spiro atoms. The van der Waals surface area contributed by atoms with Gasteiger partial charge in [0.15, 0.2) is 5.78 Å². The van der Waals surface area contributed by atoms with E-state index >= 15 is 0 Å². The van der Waals surface area contributed by atoms with Gasteiger partial charge in [0.2, 0.25) is 0 Å². The highest BCUT2D eigenvalue weighted by Gasteiger charge is 2.15. The predicted molar refractivity (Wildman–Crippen MR) is 78.6 cm³/mol. The van der Waals surface area contributed by atoms with Crippen LogP contribution in [-0.4, -0.2) is 19.4 Å². The number of carbonyl (C=O) groups excluding carboxylic acids is 1. The van der Waals surface area contributed by atoms with Crippen molar-refractivity contribution in [2.45, 2.75) is 33.1 Å². The van der Waals surface area contributed by atoms with Gasteiger partial charge in [-0.3, -0.25) is 4.79 Å². The first-order valence-electron chi connectivity index (χ1n) is 6.95. The molecule has 1 atom stereocenters. The van der Waals surface area contributed by atoms with Crippen LogP contribution in [0.25, 0.3) is 0 Å². The summed E-state index contributed by atoms with van der Waals surface area (Å²) in [7, 11) is 1.61. The van der Waals surface area contributed by atoms with Crippen molar-refractivity contribution in [2.24, 2.45) is 17.6 Å². The van der Waals surface area contributed by atoms with Crippen LogP contribution in [0.15, 0.2) is 24.3 Å². The lowest BCUT2D eigenvalue weighted by Gasteiger charge is -2.19. The van der Waals surface area contributed by atoms with E-state index in [9.17, 15) is 4.79 Å². The molecule has 1 unspecified atom stereocenters. The van der Waals surface area contributed by atoms with Gasteiger partial charge in [0.05, 0.1) is 7.11 Å². The molecule has 0 aliphatic heterocycles. The van der Waals surface area contributed by atoms with E-state index in [0.29, 0.717) is 24.8 Å². The normalized spacial score (nSPS) is 12.5. The Balaban J connectivity index is 2.58. The smallest absolute Gasteiger partial charge is 0.163 e. The van der Waals surface area contributed by atoms with Crippen molar-refractivity contribution in [1.29, 1.82) is 0 Å². The summed E-state index contributed by atoms with van der Waals surface area (Å²) in [6, 6.07) is 7.35. The van der Waals surface area contributed by atoms with E-state index in [-0.39, 0.29) is 5.78 Å². The summed E-state index contributed by atoms with van der Waals surface area (Å²) < 4.78 is 5.14. The Morgan fingerprint density at radius 3 is 2.63 bits per heavy atom. The lowest BCUT2D eigenvalue weighted by Crippen LogP contribution is -2.15. The molecule has 0 heterocycles. The second-order valence-corrected chi connectivity index (χ2v) is 5.28. The van der Waals surface area contributed by atoms with Crippen LogP contribution < -0.4 is 10.5 Å². The maximum atomic E-state index is 12.2. The van der Waals surface area contributed by atoms with Crippen molar-refractivity contribution in [1.82, 2.24) is 0 Å². The zero-order valence-electron chi connectivity index (χ0n) is 12.2. The molecule has 3 heteroatoms. The van der Waals surface area contributed by atoms with E-state index in [1.165, 1.54) is 0 Å². The van der Waals surface area contributed by atoms with Gasteiger partial charge in [-0.15, -0.1) is 0 Å². The van der Waals surface area contributed by atoms with Crippen molar-refractivity contribution in [3.05, 3.63) is 29.8 Å². The molecule has 1 aromatic carbocycles. The number of carbonyl (C=O) groups is 1. The molecule has 0 saturated heterocycles. The van der Waals surface area contributed by atoms with Gasteiger partial charge in [-0.1, -0.05) is 26.0 Å². The van der Waals surface area contributed by atoms with Gasteiger partial charge in [-0.2, -0.15) is 0 Å². The van der Waals surface area contributed by atoms with Gasteiger partial charge in [0.25, 0.3) is 0 Å². The highest BCUT2D eigenvalue weighted by molar-refractivity contribution is 5.96. The number of hydrogen-bond acceptors (Lipinski definition) is 3.